The van der Waals surface area contributed by atoms with Gasteiger partial charge < -0.3 is 15.5 Å². The van der Waals surface area contributed by atoms with Crippen molar-refractivity contribution in [3.63, 3.8) is 0 Å². The van der Waals surface area contributed by atoms with E-state index in [1.807, 2.05) is 30.3 Å². The minimum atomic E-state index is -1.02. The van der Waals surface area contributed by atoms with Crippen LogP contribution in [0.1, 0.15) is 29.7 Å². The molecule has 0 spiro atoms. The summed E-state index contributed by atoms with van der Waals surface area (Å²) < 4.78 is 0. The van der Waals surface area contributed by atoms with Crippen LogP contribution in [0.15, 0.2) is 54.6 Å². The third-order valence-corrected chi connectivity index (χ3v) is 3.50. The zero-order valence-electron chi connectivity index (χ0n) is 12.6. The molecule has 2 aromatic carbocycles. The highest BCUT2D eigenvalue weighted by atomic mass is 16.3. The topological polar surface area (TPSA) is 69.6 Å². The molecule has 0 fully saturated rings. The summed E-state index contributed by atoms with van der Waals surface area (Å²) in [5, 5.41) is 22.4. The number of benzene rings is 2. The first-order valence-electron chi connectivity index (χ1n) is 7.29. The first-order chi connectivity index (χ1) is 10.6. The predicted octanol–water partition coefficient (Wildman–Crippen LogP) is 1.81. The minimum Gasteiger partial charge on any atom is -0.388 e. The van der Waals surface area contributed by atoms with Gasteiger partial charge in [-0.3, -0.25) is 4.79 Å². The molecule has 0 aliphatic rings. The quantitative estimate of drug-likeness (QED) is 0.762. The van der Waals surface area contributed by atoms with Crippen molar-refractivity contribution in [3.05, 3.63) is 71.3 Å². The fourth-order valence-corrected chi connectivity index (χ4v) is 2.25. The van der Waals surface area contributed by atoms with Crippen molar-refractivity contribution >= 4 is 5.91 Å². The Morgan fingerprint density at radius 2 is 1.59 bits per heavy atom. The molecular formula is C18H21NO3. The van der Waals surface area contributed by atoms with Gasteiger partial charge in [0.2, 0.25) is 5.91 Å². The van der Waals surface area contributed by atoms with Gasteiger partial charge in [0.05, 0.1) is 0 Å². The molecule has 0 saturated carbocycles. The molecule has 0 aliphatic carbocycles. The van der Waals surface area contributed by atoms with Crippen molar-refractivity contribution in [2.45, 2.75) is 25.6 Å². The largest absolute Gasteiger partial charge is 0.388 e. The Hall–Kier alpha value is -2.17. The van der Waals surface area contributed by atoms with E-state index >= 15 is 0 Å². The van der Waals surface area contributed by atoms with Crippen LogP contribution in [0.4, 0.5) is 0 Å². The van der Waals surface area contributed by atoms with Crippen LogP contribution in [0.2, 0.25) is 0 Å². The summed E-state index contributed by atoms with van der Waals surface area (Å²) in [7, 11) is 0. The number of aliphatic hydroxyl groups excluding tert-OH is 2. The van der Waals surface area contributed by atoms with Crippen LogP contribution in [-0.4, -0.2) is 28.8 Å². The highest BCUT2D eigenvalue weighted by Crippen LogP contribution is 2.18. The standard InChI is InChI=1S/C18H21NO3/c1-13(20)19-12-17(21)18(22)16-9-7-15(8-10-16)11-14-5-3-2-4-6-14/h2-10,17-18,21-22H,11-12H2,1H3,(H,19,20). The molecule has 2 unspecified atom stereocenters. The van der Waals surface area contributed by atoms with Gasteiger partial charge in [0, 0.05) is 13.5 Å². The summed E-state index contributed by atoms with van der Waals surface area (Å²) in [5.41, 5.74) is 3.00. The van der Waals surface area contributed by atoms with E-state index in [0.29, 0.717) is 5.56 Å². The Kier molecular flexibility index (Phi) is 5.69. The smallest absolute Gasteiger partial charge is 0.216 e. The van der Waals surface area contributed by atoms with E-state index in [1.54, 1.807) is 12.1 Å². The summed E-state index contributed by atoms with van der Waals surface area (Å²) in [5.74, 6) is -0.232. The molecule has 3 N–H and O–H groups in total. The Morgan fingerprint density at radius 3 is 2.18 bits per heavy atom. The average Bonchev–Trinajstić information content (AvgIpc) is 2.53. The lowest BCUT2D eigenvalue weighted by molar-refractivity contribution is -0.119. The van der Waals surface area contributed by atoms with Crippen molar-refractivity contribution in [1.82, 2.24) is 5.32 Å². The molecule has 2 aromatic rings. The van der Waals surface area contributed by atoms with Gasteiger partial charge in [-0.2, -0.15) is 0 Å². The van der Waals surface area contributed by atoms with Crippen LogP contribution in [-0.2, 0) is 11.2 Å². The van der Waals surface area contributed by atoms with E-state index in [0.717, 1.165) is 12.0 Å². The van der Waals surface area contributed by atoms with E-state index < -0.39 is 12.2 Å². The number of hydrogen-bond acceptors (Lipinski definition) is 3. The second-order valence-electron chi connectivity index (χ2n) is 5.35. The molecule has 0 bridgehead atoms. The number of carbonyl (C=O) groups is 1. The Labute approximate surface area is 130 Å². The molecule has 0 heterocycles. The van der Waals surface area contributed by atoms with E-state index in [4.69, 9.17) is 0 Å². The highest BCUT2D eigenvalue weighted by molar-refractivity contribution is 5.72. The molecule has 4 heteroatoms. The Balaban J connectivity index is 1.97. The molecule has 2 atom stereocenters. The fraction of sp³-hybridized carbons (Fsp3) is 0.278. The number of nitrogens with one attached hydrogen (secondary N) is 1. The normalized spacial score (nSPS) is 13.4. The highest BCUT2D eigenvalue weighted by Gasteiger charge is 2.18. The molecule has 0 radical (unpaired) electrons. The first-order valence-corrected chi connectivity index (χ1v) is 7.29. The van der Waals surface area contributed by atoms with Gasteiger partial charge in [-0.1, -0.05) is 54.6 Å². The Bertz CT molecular complexity index is 595. The number of amides is 1. The van der Waals surface area contributed by atoms with E-state index in [9.17, 15) is 15.0 Å². The third-order valence-electron chi connectivity index (χ3n) is 3.50. The number of hydrogen-bond donors (Lipinski definition) is 3. The maximum Gasteiger partial charge on any atom is 0.216 e. The zero-order chi connectivity index (χ0) is 15.9. The van der Waals surface area contributed by atoms with E-state index in [-0.39, 0.29) is 12.5 Å². The maximum absolute atomic E-state index is 10.8. The number of aliphatic hydroxyl groups is 2. The maximum atomic E-state index is 10.8. The van der Waals surface area contributed by atoms with E-state index in [2.05, 4.69) is 17.4 Å². The SMILES string of the molecule is CC(=O)NCC(O)C(O)c1ccc(Cc2ccccc2)cc1. The zero-order valence-corrected chi connectivity index (χ0v) is 12.6. The van der Waals surface area contributed by atoms with Crippen molar-refractivity contribution in [2.24, 2.45) is 0 Å². The average molecular weight is 299 g/mol. The van der Waals surface area contributed by atoms with Crippen molar-refractivity contribution in [1.29, 1.82) is 0 Å². The van der Waals surface area contributed by atoms with Crippen LogP contribution >= 0.6 is 0 Å². The molecule has 4 nitrogen and oxygen atoms in total. The lowest BCUT2D eigenvalue weighted by Gasteiger charge is -2.18. The molecule has 1 amide bonds. The van der Waals surface area contributed by atoms with Gasteiger partial charge >= 0.3 is 0 Å². The van der Waals surface area contributed by atoms with Crippen LogP contribution in [0.3, 0.4) is 0 Å². The second-order valence-corrected chi connectivity index (χ2v) is 5.35. The fourth-order valence-electron chi connectivity index (χ4n) is 2.25. The predicted molar refractivity (Wildman–Crippen MR) is 85.3 cm³/mol. The van der Waals surface area contributed by atoms with Gasteiger partial charge in [-0.25, -0.2) is 0 Å². The molecule has 0 aromatic heterocycles. The van der Waals surface area contributed by atoms with Crippen LogP contribution in [0, 0.1) is 0 Å². The van der Waals surface area contributed by atoms with Crippen molar-refractivity contribution < 1.29 is 15.0 Å². The molecule has 2 rings (SSSR count). The summed E-state index contributed by atoms with van der Waals surface area (Å²) in [6.07, 6.45) is -1.22. The molecule has 0 aliphatic heterocycles. The van der Waals surface area contributed by atoms with Crippen LogP contribution in [0.5, 0.6) is 0 Å². The van der Waals surface area contributed by atoms with E-state index in [1.165, 1.54) is 12.5 Å². The minimum absolute atomic E-state index is 0.0300. The van der Waals surface area contributed by atoms with Gasteiger partial charge in [0.15, 0.2) is 0 Å². The third kappa shape index (κ3) is 4.69. The first kappa shape index (κ1) is 16.2. The number of rotatable bonds is 6. The van der Waals surface area contributed by atoms with Gasteiger partial charge in [-0.05, 0) is 23.1 Å². The lowest BCUT2D eigenvalue weighted by Crippen LogP contribution is -2.34. The van der Waals surface area contributed by atoms with Crippen LogP contribution in [0.25, 0.3) is 0 Å². The molecule has 22 heavy (non-hydrogen) atoms. The van der Waals surface area contributed by atoms with Gasteiger partial charge in [-0.15, -0.1) is 0 Å². The monoisotopic (exact) mass is 299 g/mol. The summed E-state index contributed by atoms with van der Waals surface area (Å²) in [6.45, 7) is 1.40. The number of carbonyl (C=O) groups excluding carboxylic acids is 1. The van der Waals surface area contributed by atoms with Crippen molar-refractivity contribution in [3.8, 4) is 0 Å². The van der Waals surface area contributed by atoms with Gasteiger partial charge in [0.25, 0.3) is 0 Å². The summed E-state index contributed by atoms with van der Waals surface area (Å²) >= 11 is 0. The molecule has 0 saturated heterocycles. The lowest BCUT2D eigenvalue weighted by atomic mass is 9.99. The van der Waals surface area contributed by atoms with Gasteiger partial charge in [0.1, 0.15) is 12.2 Å². The Morgan fingerprint density at radius 1 is 1.00 bits per heavy atom. The second kappa shape index (κ2) is 7.73. The molecule has 116 valence electrons. The molecular weight excluding hydrogens is 278 g/mol. The summed E-state index contributed by atoms with van der Waals surface area (Å²) in [6, 6.07) is 17.6. The summed E-state index contributed by atoms with van der Waals surface area (Å²) in [4.78, 5) is 10.8. The van der Waals surface area contributed by atoms with Crippen LogP contribution < -0.4 is 5.32 Å². The van der Waals surface area contributed by atoms with Crippen molar-refractivity contribution in [2.75, 3.05) is 6.54 Å².